The average Bonchev–Trinajstić information content (AvgIpc) is 3.54. The van der Waals surface area contributed by atoms with E-state index < -0.39 is 12.0 Å². The van der Waals surface area contributed by atoms with Crippen LogP contribution in [0.4, 0.5) is 0 Å². The van der Waals surface area contributed by atoms with Gasteiger partial charge in [0.05, 0.1) is 19.6 Å². The first-order valence-electron chi connectivity index (χ1n) is 19.0. The molecule has 49 heavy (non-hydrogen) atoms. The van der Waals surface area contributed by atoms with Crippen LogP contribution in [-0.4, -0.2) is 61.3 Å². The van der Waals surface area contributed by atoms with Crippen LogP contribution in [0, 0.1) is 46.3 Å². The van der Waals surface area contributed by atoms with Gasteiger partial charge in [-0.05, 0) is 99.0 Å². The molecule has 4 aliphatic carbocycles. The van der Waals surface area contributed by atoms with Crippen molar-refractivity contribution in [2.24, 2.45) is 46.3 Å². The molecular weight excluding hydrogens is 620 g/mol. The maximum atomic E-state index is 14.4. The van der Waals surface area contributed by atoms with Gasteiger partial charge in [-0.2, -0.15) is 0 Å². The average molecular weight is 677 g/mol. The summed E-state index contributed by atoms with van der Waals surface area (Å²) >= 11 is 0. The molecule has 0 radical (unpaired) electrons. The minimum absolute atomic E-state index is 0.0391. The number of carbonyl (C=O) groups excluding carboxylic acids is 4. The zero-order chi connectivity index (χ0) is 34.6. The van der Waals surface area contributed by atoms with Gasteiger partial charge in [0, 0.05) is 36.5 Å². The molecule has 0 aromatic heterocycles. The molecule has 2 aliphatic heterocycles. The Kier molecular flexibility index (Phi) is 9.48. The number of hydrogen-bond acceptors (Lipinski definition) is 8. The Bertz CT molecular complexity index is 1430. The van der Waals surface area contributed by atoms with E-state index in [-0.39, 0.29) is 59.4 Å². The second-order valence-electron chi connectivity index (χ2n) is 16.8. The van der Waals surface area contributed by atoms with E-state index in [2.05, 4.69) is 31.4 Å². The highest BCUT2D eigenvalue weighted by atomic mass is 16.5. The number of amides is 1. The predicted molar refractivity (Wildman–Crippen MR) is 183 cm³/mol. The second-order valence-corrected chi connectivity index (χ2v) is 16.8. The van der Waals surface area contributed by atoms with Crippen molar-refractivity contribution in [3.63, 3.8) is 0 Å². The molecular formula is C40H56N2O7. The Balaban J connectivity index is 0.931. The minimum atomic E-state index is -0.822. The lowest BCUT2D eigenvalue weighted by atomic mass is 9.44. The van der Waals surface area contributed by atoms with Crippen molar-refractivity contribution in [2.75, 3.05) is 13.7 Å². The molecule has 0 bridgehead atoms. The van der Waals surface area contributed by atoms with Gasteiger partial charge >= 0.3 is 11.9 Å². The summed E-state index contributed by atoms with van der Waals surface area (Å²) in [6.07, 6.45) is 10.1. The number of piperidine rings is 1. The lowest BCUT2D eigenvalue weighted by molar-refractivity contribution is -0.169. The summed E-state index contributed by atoms with van der Waals surface area (Å²) in [5.41, 5.74) is 0.396. The molecule has 6 fully saturated rings. The number of carbonyl (C=O) groups is 4. The molecule has 7 rings (SSSR count). The van der Waals surface area contributed by atoms with Crippen molar-refractivity contribution >= 4 is 23.6 Å². The zero-order valence-electron chi connectivity index (χ0n) is 29.8. The minimum Gasteiger partial charge on any atom is -0.467 e. The lowest BCUT2D eigenvalue weighted by Crippen LogP contribution is -2.59. The van der Waals surface area contributed by atoms with Gasteiger partial charge in [-0.25, -0.2) is 4.79 Å². The summed E-state index contributed by atoms with van der Waals surface area (Å²) in [7, 11) is 1.30. The number of fused-ring (bicyclic) bond motifs is 7. The summed E-state index contributed by atoms with van der Waals surface area (Å²) in [4.78, 5) is 52.4. The molecule has 9 heteroatoms. The van der Waals surface area contributed by atoms with Gasteiger partial charge in [0.25, 0.3) is 0 Å². The van der Waals surface area contributed by atoms with E-state index in [1.54, 1.807) is 0 Å². The molecule has 5 unspecified atom stereocenters. The fourth-order valence-corrected chi connectivity index (χ4v) is 12.0. The highest BCUT2D eigenvalue weighted by Crippen LogP contribution is 2.70. The number of esters is 2. The topological polar surface area (TPSA) is 120 Å². The van der Waals surface area contributed by atoms with E-state index in [0.717, 1.165) is 57.1 Å². The van der Waals surface area contributed by atoms with E-state index in [1.165, 1.54) is 20.0 Å². The molecule has 1 aromatic carbocycles. The number of methoxy groups -OCH3 is 1. The third-order valence-corrected chi connectivity index (χ3v) is 14.6. The molecule has 9 nitrogen and oxygen atoms in total. The van der Waals surface area contributed by atoms with Crippen LogP contribution in [0.3, 0.4) is 0 Å². The second kappa shape index (κ2) is 13.4. The zero-order valence-corrected chi connectivity index (χ0v) is 29.8. The third-order valence-electron chi connectivity index (χ3n) is 14.6. The number of rotatable bonds is 8. The fourth-order valence-electron chi connectivity index (χ4n) is 12.0. The van der Waals surface area contributed by atoms with E-state index in [0.29, 0.717) is 48.2 Å². The van der Waals surface area contributed by atoms with Gasteiger partial charge in [0.1, 0.15) is 23.7 Å². The first-order chi connectivity index (χ1) is 23.5. The van der Waals surface area contributed by atoms with Crippen molar-refractivity contribution < 1.29 is 33.4 Å². The van der Waals surface area contributed by atoms with Gasteiger partial charge in [0.15, 0.2) is 0 Å². The maximum Gasteiger partial charge on any atom is 0.328 e. The molecule has 2 saturated heterocycles. The third kappa shape index (κ3) is 6.04. The summed E-state index contributed by atoms with van der Waals surface area (Å²) in [5.74, 6) is 1.49. The molecule has 12 atom stereocenters. The largest absolute Gasteiger partial charge is 0.467 e. The van der Waals surface area contributed by atoms with Crippen LogP contribution in [0.1, 0.15) is 103 Å². The van der Waals surface area contributed by atoms with Crippen molar-refractivity contribution in [1.29, 1.82) is 0 Å². The SMILES string of the molecule is COC(=O)[C@@H](Cc1ccccc1)NC(=O)CCC(=O)O[C@H]1CC[C@]2(C)C3CC(=O)[C@@]4(C)C(CC5O[C@]6(CCCCN6)[C@@H](C)C54)C3CC[C@H]2C1. The Labute approximate surface area is 291 Å². The summed E-state index contributed by atoms with van der Waals surface area (Å²) in [5, 5.41) is 6.48. The number of nitrogens with one attached hydrogen (secondary N) is 2. The van der Waals surface area contributed by atoms with Gasteiger partial charge in [-0.1, -0.05) is 51.1 Å². The molecule has 6 aliphatic rings. The quantitative estimate of drug-likeness (QED) is 0.345. The van der Waals surface area contributed by atoms with Gasteiger partial charge < -0.3 is 19.5 Å². The molecule has 4 saturated carbocycles. The van der Waals surface area contributed by atoms with E-state index >= 15 is 0 Å². The van der Waals surface area contributed by atoms with E-state index in [4.69, 9.17) is 14.2 Å². The molecule has 2 heterocycles. The number of ketones is 1. The van der Waals surface area contributed by atoms with Crippen molar-refractivity contribution in [1.82, 2.24) is 10.6 Å². The summed E-state index contributed by atoms with van der Waals surface area (Å²) < 4.78 is 17.8. The van der Waals surface area contributed by atoms with Crippen molar-refractivity contribution in [2.45, 2.75) is 128 Å². The Hall–Kier alpha value is -2.78. The van der Waals surface area contributed by atoms with Gasteiger partial charge in [-0.15, -0.1) is 0 Å². The van der Waals surface area contributed by atoms with Crippen LogP contribution in [-0.2, 0) is 39.8 Å². The first kappa shape index (κ1) is 34.7. The van der Waals surface area contributed by atoms with Gasteiger partial charge in [-0.3, -0.25) is 19.7 Å². The molecule has 2 N–H and O–H groups in total. The number of hydrogen-bond donors (Lipinski definition) is 2. The van der Waals surface area contributed by atoms with Crippen LogP contribution in [0.15, 0.2) is 30.3 Å². The van der Waals surface area contributed by atoms with E-state index in [9.17, 15) is 19.2 Å². The summed E-state index contributed by atoms with van der Waals surface area (Å²) in [6, 6.07) is 8.61. The molecule has 268 valence electrons. The van der Waals surface area contributed by atoms with Crippen LogP contribution >= 0.6 is 0 Å². The number of benzene rings is 1. The monoisotopic (exact) mass is 676 g/mol. The Morgan fingerprint density at radius 2 is 1.82 bits per heavy atom. The molecule has 1 spiro atoms. The van der Waals surface area contributed by atoms with Crippen LogP contribution < -0.4 is 10.6 Å². The van der Waals surface area contributed by atoms with Crippen molar-refractivity contribution in [3.8, 4) is 0 Å². The predicted octanol–water partition coefficient (Wildman–Crippen LogP) is 5.53. The number of Topliss-reactive ketones (excluding diaryl/α,β-unsaturated/α-hetero) is 1. The Morgan fingerprint density at radius 1 is 1.02 bits per heavy atom. The standard InChI is InChI=1S/C40H56N2O7/c1-24-36-32(49-40(24)17-8-9-19-41-40)22-30-28-13-12-26-21-27(16-18-38(26,2)29(28)23-33(43)39(30,36)3)48-35(45)15-14-34(44)42-31(37(46)47-4)20-25-10-6-5-7-11-25/h5-7,10-11,24,26-32,36,41H,8-9,12-23H2,1-4H3,(H,42,44)/t24-,26-,27-,28?,29?,30?,31+,32?,36?,38-,39+,40+/m0/s1. The lowest BCUT2D eigenvalue weighted by Gasteiger charge is -2.60. The normalized spacial score (nSPS) is 41.5. The molecule has 1 amide bonds. The highest BCUT2D eigenvalue weighted by molar-refractivity contribution is 5.87. The fraction of sp³-hybridized carbons (Fsp3) is 0.750. The first-order valence-corrected chi connectivity index (χ1v) is 19.0. The van der Waals surface area contributed by atoms with Crippen molar-refractivity contribution in [3.05, 3.63) is 35.9 Å². The Morgan fingerprint density at radius 3 is 2.55 bits per heavy atom. The van der Waals surface area contributed by atoms with Gasteiger partial charge in [0.2, 0.25) is 5.91 Å². The smallest absolute Gasteiger partial charge is 0.328 e. The highest BCUT2D eigenvalue weighted by Gasteiger charge is 2.71. The van der Waals surface area contributed by atoms with E-state index in [1.807, 2.05) is 30.3 Å². The maximum absolute atomic E-state index is 14.4. The van der Waals surface area contributed by atoms with Crippen LogP contribution in [0.25, 0.3) is 0 Å². The van der Waals surface area contributed by atoms with Crippen LogP contribution in [0.2, 0.25) is 0 Å². The number of ether oxygens (including phenoxy) is 3. The van der Waals surface area contributed by atoms with Crippen LogP contribution in [0.5, 0.6) is 0 Å². The summed E-state index contributed by atoms with van der Waals surface area (Å²) in [6.45, 7) is 8.05. The molecule has 1 aromatic rings.